The smallest absolute Gasteiger partial charge is 0.220 e. The van der Waals surface area contributed by atoms with Crippen LogP contribution < -0.4 is 5.32 Å². The van der Waals surface area contributed by atoms with E-state index in [0.29, 0.717) is 12.8 Å². The monoisotopic (exact) mass is 1270 g/mol. The standard InChI is InChI=1S/C70H123NO18/c1-3-5-7-9-11-13-15-17-19-20-21-22-23-24-25-26-27-28-29-30-31-32-34-36-38-40-42-44-46-48-58(76)71-53(54(75)47-45-43-41-39-37-35-33-18-16-14-12-10-8-6-4-2)52-84-68-64(82)61(79)66(56(50-73)86-68)89-70-65(83)62(80)67(57(51-74)87-70)88-69-63(81)60(78)59(77)55(49-72)85-69/h15-18,20-21,23-24,37,39,45,47,53-57,59-70,72-75,77-83H,3-14,19,22,25-36,38,40-44,46,48-52H2,1-2H3,(H,71,76)/b17-15-,18-16+,21-20-,24-23-,39-37+,47-45+. The normalized spacial score (nSPS) is 28.7. The SMILES string of the molecule is CCCCCCC/C=C\C/C=C\C/C=C\CCCCCCCCCCCCCCCCC(=O)NC(COC1OC(CO)C(OC2OC(CO)C(OC3OC(CO)C(O)C(O)C3O)C(O)C2O)C(O)C1O)C(O)/C=C/CC/C=C/CC/C=C/CCCCCCC. The van der Waals surface area contributed by atoms with Crippen molar-refractivity contribution < 1.29 is 89.4 Å². The molecule has 0 aromatic heterocycles. The Morgan fingerprint density at radius 2 is 0.753 bits per heavy atom. The summed E-state index contributed by atoms with van der Waals surface area (Å²) >= 11 is 0. The maximum atomic E-state index is 13.4. The minimum atomic E-state index is -1.98. The summed E-state index contributed by atoms with van der Waals surface area (Å²) in [7, 11) is 0. The predicted octanol–water partition coefficient (Wildman–Crippen LogP) is 8.94. The Kier molecular flexibility index (Phi) is 46.7. The van der Waals surface area contributed by atoms with Gasteiger partial charge >= 0.3 is 0 Å². The molecule has 19 heteroatoms. The largest absolute Gasteiger partial charge is 0.394 e. The molecule has 19 nitrogen and oxygen atoms in total. The lowest BCUT2D eigenvalue weighted by Gasteiger charge is -2.48. The maximum absolute atomic E-state index is 13.4. The molecule has 89 heavy (non-hydrogen) atoms. The number of carbonyl (C=O) groups excluding carboxylic acids is 1. The van der Waals surface area contributed by atoms with Gasteiger partial charge in [-0.05, 0) is 83.5 Å². The first-order chi connectivity index (χ1) is 43.3. The summed E-state index contributed by atoms with van der Waals surface area (Å²) in [6.07, 6.45) is 37.4. The molecule has 0 aromatic rings. The van der Waals surface area contributed by atoms with E-state index >= 15 is 0 Å². The van der Waals surface area contributed by atoms with E-state index in [9.17, 15) is 61.0 Å². The van der Waals surface area contributed by atoms with E-state index in [1.165, 1.54) is 141 Å². The number of amides is 1. The zero-order valence-electron chi connectivity index (χ0n) is 54.4. The second-order valence-corrected chi connectivity index (χ2v) is 24.6. The second-order valence-electron chi connectivity index (χ2n) is 24.6. The minimum absolute atomic E-state index is 0.228. The van der Waals surface area contributed by atoms with Gasteiger partial charge in [-0.3, -0.25) is 4.79 Å². The number of carbonyl (C=O) groups is 1. The molecule has 516 valence electrons. The van der Waals surface area contributed by atoms with Crippen molar-refractivity contribution in [3.63, 3.8) is 0 Å². The highest BCUT2D eigenvalue weighted by atomic mass is 16.8. The van der Waals surface area contributed by atoms with Crippen LogP contribution in [0.1, 0.15) is 232 Å². The molecule has 3 rings (SSSR count). The highest BCUT2D eigenvalue weighted by Gasteiger charge is 2.53. The fourth-order valence-corrected chi connectivity index (χ4v) is 11.3. The lowest BCUT2D eigenvalue weighted by Crippen LogP contribution is -2.66. The first kappa shape index (κ1) is 80.5. The van der Waals surface area contributed by atoms with Gasteiger partial charge < -0.3 is 89.9 Å². The number of nitrogens with one attached hydrogen (secondary N) is 1. The van der Waals surface area contributed by atoms with Gasteiger partial charge in [-0.2, -0.15) is 0 Å². The van der Waals surface area contributed by atoms with E-state index in [4.69, 9.17) is 28.4 Å². The van der Waals surface area contributed by atoms with Crippen LogP contribution in [0.2, 0.25) is 0 Å². The van der Waals surface area contributed by atoms with Crippen LogP contribution in [0.15, 0.2) is 72.9 Å². The van der Waals surface area contributed by atoms with Crippen LogP contribution in [0.25, 0.3) is 0 Å². The Labute approximate surface area is 534 Å². The van der Waals surface area contributed by atoms with E-state index in [0.717, 1.165) is 57.8 Å². The van der Waals surface area contributed by atoms with Crippen molar-refractivity contribution in [3.8, 4) is 0 Å². The van der Waals surface area contributed by atoms with Gasteiger partial charge in [0.15, 0.2) is 18.9 Å². The van der Waals surface area contributed by atoms with E-state index in [1.54, 1.807) is 6.08 Å². The summed E-state index contributed by atoms with van der Waals surface area (Å²) in [6.45, 7) is 1.67. The Hall–Kier alpha value is -2.77. The molecular formula is C70H123NO18. The molecule has 0 aromatic carbocycles. The fourth-order valence-electron chi connectivity index (χ4n) is 11.3. The van der Waals surface area contributed by atoms with Gasteiger partial charge in [0, 0.05) is 6.42 Å². The van der Waals surface area contributed by atoms with Crippen LogP contribution in [0.5, 0.6) is 0 Å². The van der Waals surface area contributed by atoms with Crippen molar-refractivity contribution >= 4 is 5.91 Å². The fraction of sp³-hybridized carbons (Fsp3) is 0.814. The third-order valence-electron chi connectivity index (χ3n) is 17.0. The highest BCUT2D eigenvalue weighted by molar-refractivity contribution is 5.76. The van der Waals surface area contributed by atoms with Crippen LogP contribution in [-0.2, 0) is 33.2 Å². The molecule has 17 atom stereocenters. The molecule has 3 fully saturated rings. The summed E-state index contributed by atoms with van der Waals surface area (Å²) in [5.74, 6) is -0.292. The summed E-state index contributed by atoms with van der Waals surface area (Å²) in [5, 5.41) is 120. The average molecular weight is 1270 g/mol. The molecule has 0 radical (unpaired) electrons. The Balaban J connectivity index is 1.41. The lowest BCUT2D eigenvalue weighted by atomic mass is 9.96. The number of hydrogen-bond donors (Lipinski definition) is 12. The van der Waals surface area contributed by atoms with Gasteiger partial charge in [0.2, 0.25) is 5.91 Å². The number of hydrogen-bond acceptors (Lipinski definition) is 18. The first-order valence-electron chi connectivity index (χ1n) is 34.7. The maximum Gasteiger partial charge on any atom is 0.220 e. The Bertz CT molecular complexity index is 1900. The van der Waals surface area contributed by atoms with Gasteiger partial charge in [0.25, 0.3) is 0 Å². The molecule has 3 aliphatic heterocycles. The summed E-state index contributed by atoms with van der Waals surface area (Å²) < 4.78 is 34.3. The molecule has 0 aliphatic carbocycles. The Morgan fingerprint density at radius 1 is 0.404 bits per heavy atom. The van der Waals surface area contributed by atoms with Crippen LogP contribution >= 0.6 is 0 Å². The lowest BCUT2D eigenvalue weighted by molar-refractivity contribution is -0.379. The van der Waals surface area contributed by atoms with Crippen LogP contribution in [0.4, 0.5) is 0 Å². The number of ether oxygens (including phenoxy) is 6. The van der Waals surface area contributed by atoms with Gasteiger partial charge in [-0.25, -0.2) is 0 Å². The molecule has 17 unspecified atom stereocenters. The van der Waals surface area contributed by atoms with Crippen LogP contribution in [-0.4, -0.2) is 193 Å². The third kappa shape index (κ3) is 33.8. The number of unbranched alkanes of at least 4 members (excludes halogenated alkanes) is 26. The molecule has 0 bridgehead atoms. The van der Waals surface area contributed by atoms with Gasteiger partial charge in [0.05, 0.1) is 38.6 Å². The molecule has 0 spiro atoms. The topological polar surface area (TPSA) is 307 Å². The molecular weight excluding hydrogens is 1140 g/mol. The van der Waals surface area contributed by atoms with E-state index in [-0.39, 0.29) is 18.9 Å². The Morgan fingerprint density at radius 3 is 1.20 bits per heavy atom. The second kappa shape index (κ2) is 51.6. The van der Waals surface area contributed by atoms with Crippen LogP contribution in [0.3, 0.4) is 0 Å². The number of rotatable bonds is 52. The van der Waals surface area contributed by atoms with E-state index in [2.05, 4.69) is 79.9 Å². The molecule has 3 aliphatic rings. The van der Waals surface area contributed by atoms with Crippen LogP contribution in [0, 0.1) is 0 Å². The van der Waals surface area contributed by atoms with Gasteiger partial charge in [-0.15, -0.1) is 0 Å². The highest BCUT2D eigenvalue weighted by Crippen LogP contribution is 2.33. The van der Waals surface area contributed by atoms with Crippen molar-refractivity contribution in [1.29, 1.82) is 0 Å². The van der Waals surface area contributed by atoms with Crippen molar-refractivity contribution in [1.82, 2.24) is 5.32 Å². The molecule has 1 amide bonds. The molecule has 12 N–H and O–H groups in total. The summed E-state index contributed by atoms with van der Waals surface area (Å²) in [6, 6.07) is -0.999. The first-order valence-corrected chi connectivity index (χ1v) is 34.7. The predicted molar refractivity (Wildman–Crippen MR) is 346 cm³/mol. The number of aliphatic hydroxyl groups is 11. The van der Waals surface area contributed by atoms with Crippen molar-refractivity contribution in [2.45, 2.75) is 336 Å². The zero-order chi connectivity index (χ0) is 64.7. The number of aliphatic hydroxyl groups excluding tert-OH is 11. The van der Waals surface area contributed by atoms with Gasteiger partial charge in [-0.1, -0.05) is 215 Å². The van der Waals surface area contributed by atoms with Gasteiger partial charge in [0.1, 0.15) is 73.2 Å². The summed E-state index contributed by atoms with van der Waals surface area (Å²) in [5.41, 5.74) is 0. The van der Waals surface area contributed by atoms with E-state index in [1.807, 2.05) is 6.08 Å². The average Bonchev–Trinajstić information content (AvgIpc) is 2.42. The van der Waals surface area contributed by atoms with Crippen molar-refractivity contribution in [3.05, 3.63) is 72.9 Å². The molecule has 0 saturated carbocycles. The molecule has 3 saturated heterocycles. The zero-order valence-corrected chi connectivity index (χ0v) is 54.4. The third-order valence-corrected chi connectivity index (χ3v) is 17.0. The van der Waals surface area contributed by atoms with E-state index < -0.39 is 124 Å². The van der Waals surface area contributed by atoms with Crippen molar-refractivity contribution in [2.24, 2.45) is 0 Å². The number of allylic oxidation sites excluding steroid dienone is 11. The minimum Gasteiger partial charge on any atom is -0.394 e. The van der Waals surface area contributed by atoms with Crippen molar-refractivity contribution in [2.75, 3.05) is 26.4 Å². The molecule has 3 heterocycles. The summed E-state index contributed by atoms with van der Waals surface area (Å²) in [4.78, 5) is 13.4. The quantitative estimate of drug-likeness (QED) is 0.0200.